The highest BCUT2D eigenvalue weighted by Crippen LogP contribution is 2.29. The van der Waals surface area contributed by atoms with E-state index in [1.54, 1.807) is 30.1 Å². The van der Waals surface area contributed by atoms with E-state index in [-0.39, 0.29) is 12.5 Å². The summed E-state index contributed by atoms with van der Waals surface area (Å²) < 4.78 is 5.40. The van der Waals surface area contributed by atoms with Crippen LogP contribution in [0.2, 0.25) is 10.0 Å². The van der Waals surface area contributed by atoms with Crippen LogP contribution in [0.4, 0.5) is 5.69 Å². The number of hydrogen-bond donors (Lipinski definition) is 1. The molecule has 0 bridgehead atoms. The van der Waals surface area contributed by atoms with Crippen LogP contribution in [0.1, 0.15) is 18.7 Å². The Morgan fingerprint density at radius 1 is 1.27 bits per heavy atom. The first-order chi connectivity index (χ1) is 10.5. The number of aryl methyl sites for hydroxylation is 1. The summed E-state index contributed by atoms with van der Waals surface area (Å²) >= 11 is 12.0. The van der Waals surface area contributed by atoms with E-state index in [0.717, 1.165) is 0 Å². The first-order valence-corrected chi connectivity index (χ1v) is 7.48. The van der Waals surface area contributed by atoms with Gasteiger partial charge >= 0.3 is 0 Å². The lowest BCUT2D eigenvalue weighted by molar-refractivity contribution is -0.117. The van der Waals surface area contributed by atoms with Crippen LogP contribution in [-0.4, -0.2) is 34.6 Å². The number of anilines is 1. The molecular weight excluding hydrogens is 327 g/mol. The maximum absolute atomic E-state index is 12.0. The van der Waals surface area contributed by atoms with E-state index in [4.69, 9.17) is 27.6 Å². The second-order valence-corrected chi connectivity index (χ2v) is 5.57. The van der Waals surface area contributed by atoms with Gasteiger partial charge in [0.2, 0.25) is 17.7 Å². The molecule has 22 heavy (non-hydrogen) atoms. The molecule has 0 atom stereocenters. The van der Waals surface area contributed by atoms with Crippen molar-refractivity contribution in [2.75, 3.05) is 18.9 Å². The molecule has 8 heteroatoms. The molecule has 0 radical (unpaired) electrons. The third-order valence-electron chi connectivity index (χ3n) is 2.86. The molecule has 1 amide bonds. The van der Waals surface area contributed by atoms with Crippen LogP contribution in [0.3, 0.4) is 0 Å². The smallest absolute Gasteiger partial charge is 0.238 e. The fourth-order valence-corrected chi connectivity index (χ4v) is 2.32. The fraction of sp³-hybridized carbons (Fsp3) is 0.357. The quantitative estimate of drug-likeness (QED) is 0.873. The minimum atomic E-state index is -0.229. The number of amides is 1. The van der Waals surface area contributed by atoms with E-state index in [9.17, 15) is 4.79 Å². The Kier molecular flexibility index (Phi) is 5.76. The number of para-hydroxylation sites is 1. The molecule has 0 fully saturated rings. The van der Waals surface area contributed by atoms with Crippen LogP contribution in [0.25, 0.3) is 0 Å². The molecule has 0 aliphatic rings. The van der Waals surface area contributed by atoms with Gasteiger partial charge in [-0.2, -0.15) is 0 Å². The molecular formula is C14H16Cl2N4O2. The molecule has 1 aromatic carbocycles. The average molecular weight is 343 g/mol. The van der Waals surface area contributed by atoms with Gasteiger partial charge in [0.25, 0.3) is 0 Å². The number of rotatable bonds is 6. The molecule has 118 valence electrons. The van der Waals surface area contributed by atoms with Crippen molar-refractivity contribution in [3.8, 4) is 0 Å². The molecule has 0 saturated carbocycles. The number of nitrogens with one attached hydrogen (secondary N) is 1. The summed E-state index contributed by atoms with van der Waals surface area (Å²) in [5.41, 5.74) is 0.412. The number of benzene rings is 1. The van der Waals surface area contributed by atoms with Crippen molar-refractivity contribution in [1.29, 1.82) is 0 Å². The maximum Gasteiger partial charge on any atom is 0.238 e. The predicted molar refractivity (Wildman–Crippen MR) is 85.1 cm³/mol. The van der Waals surface area contributed by atoms with E-state index in [2.05, 4.69) is 15.5 Å². The summed E-state index contributed by atoms with van der Waals surface area (Å²) in [5, 5.41) is 11.3. The largest absolute Gasteiger partial charge is 0.424 e. The number of carbonyl (C=O) groups is 1. The summed E-state index contributed by atoms with van der Waals surface area (Å²) in [6.45, 7) is 2.46. The summed E-state index contributed by atoms with van der Waals surface area (Å²) in [7, 11) is 1.78. The number of likely N-dealkylation sites (N-methyl/N-ethyl adjacent to an activating group) is 1. The standard InChI is InChI=1S/C14H16Cl2N4O2/c1-3-12-18-19-13(22-12)8-20(2)7-11(21)17-14-9(15)5-4-6-10(14)16/h4-6H,3,7-8H2,1-2H3,(H,17,21). The Balaban J connectivity index is 1.91. The molecule has 6 nitrogen and oxygen atoms in total. The average Bonchev–Trinajstić information content (AvgIpc) is 2.90. The van der Waals surface area contributed by atoms with E-state index in [1.807, 2.05) is 6.92 Å². The third kappa shape index (κ3) is 4.43. The number of halogens is 2. The van der Waals surface area contributed by atoms with Gasteiger partial charge in [0.05, 0.1) is 28.8 Å². The van der Waals surface area contributed by atoms with Crippen molar-refractivity contribution in [2.24, 2.45) is 0 Å². The van der Waals surface area contributed by atoms with Crippen LogP contribution >= 0.6 is 23.2 Å². The van der Waals surface area contributed by atoms with E-state index < -0.39 is 0 Å². The topological polar surface area (TPSA) is 71.3 Å². The van der Waals surface area contributed by atoms with Crippen LogP contribution in [0.5, 0.6) is 0 Å². The predicted octanol–water partition coefficient (Wildman–Crippen LogP) is 3.01. The monoisotopic (exact) mass is 342 g/mol. The number of carbonyl (C=O) groups excluding carboxylic acids is 1. The zero-order valence-electron chi connectivity index (χ0n) is 12.3. The Labute approximate surface area is 138 Å². The molecule has 0 saturated heterocycles. The van der Waals surface area contributed by atoms with Crippen molar-refractivity contribution in [3.63, 3.8) is 0 Å². The van der Waals surface area contributed by atoms with Gasteiger partial charge in [0, 0.05) is 6.42 Å². The molecule has 0 aliphatic carbocycles. The Morgan fingerprint density at radius 3 is 2.50 bits per heavy atom. The second-order valence-electron chi connectivity index (χ2n) is 4.76. The van der Waals surface area contributed by atoms with Crippen molar-refractivity contribution in [2.45, 2.75) is 19.9 Å². The van der Waals surface area contributed by atoms with Gasteiger partial charge in [-0.3, -0.25) is 9.69 Å². The van der Waals surface area contributed by atoms with Gasteiger partial charge < -0.3 is 9.73 Å². The maximum atomic E-state index is 12.0. The van der Waals surface area contributed by atoms with Crippen molar-refractivity contribution in [3.05, 3.63) is 40.0 Å². The SMILES string of the molecule is CCc1nnc(CN(C)CC(=O)Nc2c(Cl)cccc2Cl)o1. The summed E-state index contributed by atoms with van der Waals surface area (Å²) in [4.78, 5) is 13.8. The number of aromatic nitrogens is 2. The van der Waals surface area contributed by atoms with Crippen LogP contribution in [0, 0.1) is 0 Å². The van der Waals surface area contributed by atoms with Gasteiger partial charge in [0.1, 0.15) is 0 Å². The lowest BCUT2D eigenvalue weighted by Gasteiger charge is -2.15. The van der Waals surface area contributed by atoms with E-state index >= 15 is 0 Å². The van der Waals surface area contributed by atoms with E-state index in [0.29, 0.717) is 40.5 Å². The minimum absolute atomic E-state index is 0.144. The molecule has 0 unspecified atom stereocenters. The molecule has 2 aromatic rings. The van der Waals surface area contributed by atoms with Gasteiger partial charge in [-0.25, -0.2) is 0 Å². The van der Waals surface area contributed by atoms with Gasteiger partial charge in [-0.15, -0.1) is 10.2 Å². The summed E-state index contributed by atoms with van der Waals surface area (Å²) in [6.07, 6.45) is 0.683. The van der Waals surface area contributed by atoms with Crippen LogP contribution in [0.15, 0.2) is 22.6 Å². The number of hydrogen-bond acceptors (Lipinski definition) is 5. The molecule has 1 heterocycles. The van der Waals surface area contributed by atoms with Crippen molar-refractivity contribution < 1.29 is 9.21 Å². The normalized spacial score (nSPS) is 11.0. The molecule has 0 aliphatic heterocycles. The zero-order chi connectivity index (χ0) is 16.1. The summed E-state index contributed by atoms with van der Waals surface area (Å²) in [5.74, 6) is 0.825. The van der Waals surface area contributed by atoms with Crippen molar-refractivity contribution >= 4 is 34.8 Å². The van der Waals surface area contributed by atoms with Crippen LogP contribution < -0.4 is 5.32 Å². The van der Waals surface area contributed by atoms with Gasteiger partial charge in [-0.05, 0) is 19.2 Å². The molecule has 1 aromatic heterocycles. The highest BCUT2D eigenvalue weighted by molar-refractivity contribution is 6.39. The van der Waals surface area contributed by atoms with Crippen molar-refractivity contribution in [1.82, 2.24) is 15.1 Å². The fourth-order valence-electron chi connectivity index (χ4n) is 1.82. The lowest BCUT2D eigenvalue weighted by Crippen LogP contribution is -2.30. The molecule has 0 spiro atoms. The zero-order valence-corrected chi connectivity index (χ0v) is 13.8. The lowest BCUT2D eigenvalue weighted by atomic mass is 10.3. The third-order valence-corrected chi connectivity index (χ3v) is 3.49. The van der Waals surface area contributed by atoms with Gasteiger partial charge in [0.15, 0.2) is 0 Å². The Bertz CT molecular complexity index is 640. The highest BCUT2D eigenvalue weighted by Gasteiger charge is 2.14. The first kappa shape index (κ1) is 16.7. The summed E-state index contributed by atoms with van der Waals surface area (Å²) in [6, 6.07) is 5.04. The van der Waals surface area contributed by atoms with Gasteiger partial charge in [-0.1, -0.05) is 36.2 Å². The van der Waals surface area contributed by atoms with Crippen LogP contribution in [-0.2, 0) is 17.8 Å². The molecule has 1 N–H and O–H groups in total. The van der Waals surface area contributed by atoms with E-state index in [1.165, 1.54) is 0 Å². The Hall–Kier alpha value is -1.63. The number of nitrogens with zero attached hydrogens (tertiary/aromatic N) is 3. The minimum Gasteiger partial charge on any atom is -0.424 e. The second kappa shape index (κ2) is 7.58. The highest BCUT2D eigenvalue weighted by atomic mass is 35.5. The Morgan fingerprint density at radius 2 is 1.91 bits per heavy atom. The first-order valence-electron chi connectivity index (χ1n) is 6.73. The molecule has 2 rings (SSSR count).